The second kappa shape index (κ2) is 5.46. The van der Waals surface area contributed by atoms with E-state index in [2.05, 4.69) is 4.74 Å². The third-order valence-electron chi connectivity index (χ3n) is 2.06. The van der Waals surface area contributed by atoms with Crippen LogP contribution in [0.4, 0.5) is 4.39 Å². The maximum Gasteiger partial charge on any atom is 0.340 e. The van der Waals surface area contributed by atoms with E-state index in [4.69, 9.17) is 5.11 Å². The summed E-state index contributed by atoms with van der Waals surface area (Å²) in [7, 11) is 1.21. The summed E-state index contributed by atoms with van der Waals surface area (Å²) in [6, 6.07) is 4.35. The summed E-state index contributed by atoms with van der Waals surface area (Å²) in [5.41, 5.74) is 0.694. The van der Waals surface area contributed by atoms with Gasteiger partial charge in [-0.1, -0.05) is 6.07 Å². The van der Waals surface area contributed by atoms with E-state index in [9.17, 15) is 9.18 Å². The molecule has 0 aromatic heterocycles. The van der Waals surface area contributed by atoms with E-state index in [0.717, 1.165) is 5.56 Å². The minimum absolute atomic E-state index is 0.0646. The van der Waals surface area contributed by atoms with Gasteiger partial charge in [-0.2, -0.15) is 0 Å². The van der Waals surface area contributed by atoms with Gasteiger partial charge in [0.15, 0.2) is 0 Å². The summed E-state index contributed by atoms with van der Waals surface area (Å²) < 4.78 is 17.8. The Labute approximate surface area is 87.5 Å². The summed E-state index contributed by atoms with van der Waals surface area (Å²) in [5, 5.41) is 8.61. The maximum absolute atomic E-state index is 13.4. The van der Waals surface area contributed by atoms with E-state index in [1.807, 2.05) is 0 Å². The second-order valence-electron chi connectivity index (χ2n) is 3.13. The second-order valence-corrected chi connectivity index (χ2v) is 3.13. The topological polar surface area (TPSA) is 46.5 Å². The van der Waals surface area contributed by atoms with Gasteiger partial charge in [0, 0.05) is 6.61 Å². The Balaban J connectivity index is 2.83. The van der Waals surface area contributed by atoms with E-state index in [1.54, 1.807) is 6.07 Å². The number of benzene rings is 1. The van der Waals surface area contributed by atoms with Crippen LogP contribution < -0.4 is 0 Å². The molecule has 1 rings (SSSR count). The molecule has 0 atom stereocenters. The zero-order valence-corrected chi connectivity index (χ0v) is 8.50. The largest absolute Gasteiger partial charge is 0.465 e. The minimum Gasteiger partial charge on any atom is -0.465 e. The van der Waals surface area contributed by atoms with Crippen LogP contribution in [0.25, 0.3) is 0 Å². The number of aliphatic hydroxyl groups is 1. The van der Waals surface area contributed by atoms with Crippen LogP contribution in [0.2, 0.25) is 0 Å². The molecule has 0 fully saturated rings. The summed E-state index contributed by atoms with van der Waals surface area (Å²) in [4.78, 5) is 11.1. The standard InChI is InChI=1S/C11H13FO3/c1-15-11(14)9-5-4-8(3-2-6-13)7-10(9)12/h4-5,7,13H,2-3,6H2,1H3. The fourth-order valence-corrected chi connectivity index (χ4v) is 1.27. The molecule has 0 aliphatic heterocycles. The third-order valence-corrected chi connectivity index (χ3v) is 2.06. The average molecular weight is 212 g/mol. The zero-order chi connectivity index (χ0) is 11.3. The van der Waals surface area contributed by atoms with Crippen LogP contribution in [-0.4, -0.2) is 24.8 Å². The van der Waals surface area contributed by atoms with Crippen molar-refractivity contribution in [1.82, 2.24) is 0 Å². The third kappa shape index (κ3) is 3.02. The first-order valence-corrected chi connectivity index (χ1v) is 4.66. The Morgan fingerprint density at radius 3 is 2.80 bits per heavy atom. The van der Waals surface area contributed by atoms with Crippen LogP contribution in [0.1, 0.15) is 22.3 Å². The van der Waals surface area contributed by atoms with Crippen LogP contribution in [0.5, 0.6) is 0 Å². The summed E-state index contributed by atoms with van der Waals surface area (Å²) in [6.45, 7) is 0.0698. The van der Waals surface area contributed by atoms with Gasteiger partial charge in [-0.3, -0.25) is 0 Å². The van der Waals surface area contributed by atoms with Crippen molar-refractivity contribution in [1.29, 1.82) is 0 Å². The molecule has 1 aromatic rings. The quantitative estimate of drug-likeness (QED) is 0.770. The molecule has 0 unspecified atom stereocenters. The van der Waals surface area contributed by atoms with Crippen LogP contribution in [0.3, 0.4) is 0 Å². The molecule has 0 aliphatic carbocycles. The highest BCUT2D eigenvalue weighted by Crippen LogP contribution is 2.12. The van der Waals surface area contributed by atoms with E-state index < -0.39 is 11.8 Å². The minimum atomic E-state index is -0.679. The molecule has 0 amide bonds. The molecule has 0 bridgehead atoms. The number of ether oxygens (including phenoxy) is 1. The van der Waals surface area contributed by atoms with Crippen LogP contribution >= 0.6 is 0 Å². The Morgan fingerprint density at radius 2 is 2.27 bits per heavy atom. The fraction of sp³-hybridized carbons (Fsp3) is 0.364. The van der Waals surface area contributed by atoms with Crippen molar-refractivity contribution in [2.75, 3.05) is 13.7 Å². The predicted molar refractivity (Wildman–Crippen MR) is 53.1 cm³/mol. The van der Waals surface area contributed by atoms with Gasteiger partial charge < -0.3 is 9.84 Å². The molecule has 0 heterocycles. The molecule has 0 radical (unpaired) electrons. The highest BCUT2D eigenvalue weighted by molar-refractivity contribution is 5.89. The zero-order valence-electron chi connectivity index (χ0n) is 8.50. The van der Waals surface area contributed by atoms with Gasteiger partial charge in [-0.05, 0) is 30.5 Å². The monoisotopic (exact) mass is 212 g/mol. The van der Waals surface area contributed by atoms with Gasteiger partial charge in [0.05, 0.1) is 12.7 Å². The van der Waals surface area contributed by atoms with Crippen molar-refractivity contribution >= 4 is 5.97 Å². The Kier molecular flexibility index (Phi) is 4.24. The number of aliphatic hydroxyl groups excluding tert-OH is 1. The molecule has 0 saturated heterocycles. The molecule has 82 valence electrons. The number of carbonyl (C=O) groups is 1. The number of esters is 1. The lowest BCUT2D eigenvalue weighted by molar-refractivity contribution is 0.0595. The molecular weight excluding hydrogens is 199 g/mol. The SMILES string of the molecule is COC(=O)c1ccc(CCCO)cc1F. The maximum atomic E-state index is 13.4. The highest BCUT2D eigenvalue weighted by Gasteiger charge is 2.11. The Hall–Kier alpha value is -1.42. The van der Waals surface area contributed by atoms with E-state index in [0.29, 0.717) is 12.8 Å². The lowest BCUT2D eigenvalue weighted by Gasteiger charge is -2.04. The highest BCUT2D eigenvalue weighted by atomic mass is 19.1. The summed E-state index contributed by atoms with van der Waals surface area (Å²) in [5.74, 6) is -1.27. The van der Waals surface area contributed by atoms with Crippen molar-refractivity contribution in [2.24, 2.45) is 0 Å². The van der Waals surface area contributed by atoms with Crippen molar-refractivity contribution in [3.8, 4) is 0 Å². The fourth-order valence-electron chi connectivity index (χ4n) is 1.27. The summed E-state index contributed by atoms with van der Waals surface area (Å²) in [6.07, 6.45) is 1.17. The number of halogens is 1. The molecule has 4 heteroatoms. The van der Waals surface area contributed by atoms with Crippen LogP contribution in [0, 0.1) is 5.82 Å². The van der Waals surface area contributed by atoms with Gasteiger partial charge in [-0.25, -0.2) is 9.18 Å². The number of hydrogen-bond donors (Lipinski definition) is 1. The predicted octanol–water partition coefficient (Wildman–Crippen LogP) is 1.54. The molecular formula is C11H13FO3. The Morgan fingerprint density at radius 1 is 1.53 bits per heavy atom. The van der Waals surface area contributed by atoms with Gasteiger partial charge in [0.25, 0.3) is 0 Å². The molecule has 0 spiro atoms. The Bertz CT molecular complexity index is 350. The van der Waals surface area contributed by atoms with E-state index in [-0.39, 0.29) is 12.2 Å². The molecule has 3 nitrogen and oxygen atoms in total. The molecule has 1 N–H and O–H groups in total. The molecule has 1 aromatic carbocycles. The van der Waals surface area contributed by atoms with Crippen molar-refractivity contribution < 1.29 is 19.0 Å². The first kappa shape index (κ1) is 11.7. The van der Waals surface area contributed by atoms with Crippen LogP contribution in [0.15, 0.2) is 18.2 Å². The number of methoxy groups -OCH3 is 1. The van der Waals surface area contributed by atoms with E-state index in [1.165, 1.54) is 19.2 Å². The van der Waals surface area contributed by atoms with E-state index >= 15 is 0 Å². The molecule has 15 heavy (non-hydrogen) atoms. The lowest BCUT2D eigenvalue weighted by Crippen LogP contribution is -2.05. The lowest BCUT2D eigenvalue weighted by atomic mass is 10.1. The summed E-state index contributed by atoms with van der Waals surface area (Å²) >= 11 is 0. The molecule has 0 aliphatic rings. The number of carbonyl (C=O) groups excluding carboxylic acids is 1. The smallest absolute Gasteiger partial charge is 0.340 e. The number of aryl methyl sites for hydroxylation is 1. The normalized spacial score (nSPS) is 10.1. The first-order valence-electron chi connectivity index (χ1n) is 4.66. The van der Waals surface area contributed by atoms with Gasteiger partial charge in [-0.15, -0.1) is 0 Å². The number of rotatable bonds is 4. The molecule has 0 saturated carbocycles. The first-order chi connectivity index (χ1) is 7.19. The van der Waals surface area contributed by atoms with Crippen molar-refractivity contribution in [2.45, 2.75) is 12.8 Å². The van der Waals surface area contributed by atoms with Crippen LogP contribution in [-0.2, 0) is 11.2 Å². The van der Waals surface area contributed by atoms with Gasteiger partial charge in [0.2, 0.25) is 0 Å². The average Bonchev–Trinajstić information content (AvgIpc) is 2.25. The number of hydrogen-bond acceptors (Lipinski definition) is 3. The van der Waals surface area contributed by atoms with Crippen molar-refractivity contribution in [3.63, 3.8) is 0 Å². The van der Waals surface area contributed by atoms with Crippen molar-refractivity contribution in [3.05, 3.63) is 35.1 Å². The van der Waals surface area contributed by atoms with Gasteiger partial charge in [0.1, 0.15) is 5.82 Å². The van der Waals surface area contributed by atoms with Gasteiger partial charge >= 0.3 is 5.97 Å².